The number of benzene rings is 2. The fourth-order valence-electron chi connectivity index (χ4n) is 3.37. The molecule has 7 nitrogen and oxygen atoms in total. The van der Waals surface area contributed by atoms with Crippen molar-refractivity contribution in [3.8, 4) is 11.5 Å². The molecule has 162 valence electrons. The lowest BCUT2D eigenvalue weighted by Gasteiger charge is -2.12. The fourth-order valence-corrected chi connectivity index (χ4v) is 4.53. The van der Waals surface area contributed by atoms with Gasteiger partial charge in [-0.1, -0.05) is 64.0 Å². The van der Waals surface area contributed by atoms with E-state index in [4.69, 9.17) is 15.2 Å². The summed E-state index contributed by atoms with van der Waals surface area (Å²) in [4.78, 5) is 13.6. The molecule has 0 aliphatic carbocycles. The number of imidazole rings is 1. The van der Waals surface area contributed by atoms with Gasteiger partial charge in [0.25, 0.3) is 6.29 Å². The second-order valence-electron chi connectivity index (χ2n) is 7.38. The maximum absolute atomic E-state index is 6.07. The molecule has 0 saturated carbocycles. The van der Waals surface area contributed by atoms with Crippen LogP contribution in [0.1, 0.15) is 23.0 Å². The molecule has 2 aromatic carbocycles. The van der Waals surface area contributed by atoms with E-state index in [0.29, 0.717) is 27.6 Å². The summed E-state index contributed by atoms with van der Waals surface area (Å²) in [6.07, 6.45) is 3.65. The van der Waals surface area contributed by atoms with Crippen molar-refractivity contribution in [3.05, 3.63) is 87.4 Å². The Morgan fingerprint density at radius 2 is 1.94 bits per heavy atom. The van der Waals surface area contributed by atoms with E-state index in [1.54, 1.807) is 12.6 Å². The molecule has 2 aromatic rings. The Balaban J connectivity index is 1.31. The van der Waals surface area contributed by atoms with Crippen LogP contribution < -0.4 is 5.73 Å². The summed E-state index contributed by atoms with van der Waals surface area (Å²) < 4.78 is 14.5. The van der Waals surface area contributed by atoms with Gasteiger partial charge < -0.3 is 19.8 Å². The molecule has 1 unspecified atom stereocenters. The van der Waals surface area contributed by atoms with Crippen LogP contribution in [0.15, 0.2) is 75.8 Å². The average Bonchev–Trinajstić information content (AvgIpc) is 3.43. The summed E-state index contributed by atoms with van der Waals surface area (Å²) >= 11 is 4.82. The Labute approximate surface area is 198 Å². The van der Waals surface area contributed by atoms with Gasteiger partial charge in [-0.05, 0) is 36.7 Å². The van der Waals surface area contributed by atoms with Crippen molar-refractivity contribution in [1.29, 1.82) is 0 Å². The molecule has 2 N–H and O–H groups in total. The summed E-state index contributed by atoms with van der Waals surface area (Å²) in [5, 5.41) is 1.12. The molecule has 3 aliphatic heterocycles. The predicted molar refractivity (Wildman–Crippen MR) is 127 cm³/mol. The van der Waals surface area contributed by atoms with Gasteiger partial charge in [0.2, 0.25) is 5.09 Å². The molecule has 0 amide bonds. The van der Waals surface area contributed by atoms with Gasteiger partial charge in [0.05, 0.1) is 6.33 Å². The zero-order chi connectivity index (χ0) is 22.1. The molecule has 5 rings (SSSR count). The minimum absolute atomic E-state index is 0.356. The van der Waals surface area contributed by atoms with Gasteiger partial charge in [0, 0.05) is 16.6 Å². The van der Waals surface area contributed by atoms with Crippen LogP contribution in [0, 0.1) is 6.92 Å². The fraction of sp³-hybridized carbons (Fsp3) is 0.174. The van der Waals surface area contributed by atoms with E-state index in [2.05, 4.69) is 62.1 Å². The Bertz CT molecular complexity index is 1260. The quantitative estimate of drug-likeness (QED) is 0.376. The predicted octanol–water partition coefficient (Wildman–Crippen LogP) is 5.31. The highest BCUT2D eigenvalue weighted by atomic mass is 79.9. The van der Waals surface area contributed by atoms with Crippen molar-refractivity contribution < 1.29 is 9.47 Å². The first-order valence-corrected chi connectivity index (χ1v) is 11.7. The number of nitrogen functional groups attached to an aromatic ring is 1. The number of fused-ring (bicyclic) bond motifs is 1. The standard InChI is InChI=1S/C23H20BrN5O2S/c1-14-6-8-15(9-7-14)10-11-29-13-26-20(25)19-21(29)28-23(27-19)32-18-12-30-22(31-18)16-4-2-3-5-17(16)24/h2-9,12-13,22H,10-11,25H2,1H3. The topological polar surface area (TPSA) is 88.1 Å². The molecule has 3 heterocycles. The minimum atomic E-state index is -0.511. The van der Waals surface area contributed by atoms with Crippen molar-refractivity contribution >= 4 is 33.5 Å². The number of aryl methyl sites for hydroxylation is 3. The molecular formula is C23H20BrN5O2S. The van der Waals surface area contributed by atoms with Gasteiger partial charge in [-0.3, -0.25) is 0 Å². The van der Waals surface area contributed by atoms with Crippen molar-refractivity contribution in [1.82, 2.24) is 19.5 Å². The van der Waals surface area contributed by atoms with E-state index < -0.39 is 6.29 Å². The SMILES string of the molecule is Cc1ccc(CCn2cnc(N)c3nc(SC4=COC(c5ccccc5Br)O4)nc2-3)cc1. The summed E-state index contributed by atoms with van der Waals surface area (Å²) in [6, 6.07) is 16.3. The number of thioether (sulfide) groups is 1. The Morgan fingerprint density at radius 3 is 2.75 bits per heavy atom. The normalized spacial score (nSPS) is 15.4. The van der Waals surface area contributed by atoms with Crippen LogP contribution in [-0.4, -0.2) is 19.5 Å². The van der Waals surface area contributed by atoms with Crippen molar-refractivity contribution in [3.63, 3.8) is 0 Å². The molecule has 32 heavy (non-hydrogen) atoms. The van der Waals surface area contributed by atoms with Crippen LogP contribution >= 0.6 is 27.7 Å². The van der Waals surface area contributed by atoms with Gasteiger partial charge in [-0.25, -0.2) is 15.0 Å². The van der Waals surface area contributed by atoms with E-state index in [9.17, 15) is 0 Å². The van der Waals surface area contributed by atoms with Crippen LogP contribution in [-0.2, 0) is 22.4 Å². The van der Waals surface area contributed by atoms with Gasteiger partial charge in [-0.2, -0.15) is 0 Å². The smallest absolute Gasteiger partial charge is 0.268 e. The number of nitrogens with two attached hydrogens (primary N) is 1. The van der Waals surface area contributed by atoms with Crippen LogP contribution in [0.4, 0.5) is 5.82 Å². The first-order chi connectivity index (χ1) is 15.6. The highest BCUT2D eigenvalue weighted by Crippen LogP contribution is 2.40. The zero-order valence-corrected chi connectivity index (χ0v) is 19.6. The first-order valence-electron chi connectivity index (χ1n) is 10.1. The van der Waals surface area contributed by atoms with Crippen molar-refractivity contribution in [2.24, 2.45) is 0 Å². The first kappa shape index (κ1) is 20.8. The van der Waals surface area contributed by atoms with E-state index in [1.165, 1.54) is 22.9 Å². The van der Waals surface area contributed by atoms with Gasteiger partial charge in [0.1, 0.15) is 6.26 Å². The number of rotatable bonds is 6. The molecule has 0 spiro atoms. The van der Waals surface area contributed by atoms with E-state index in [-0.39, 0.29) is 0 Å². The molecule has 1 atom stereocenters. The molecule has 0 saturated heterocycles. The third kappa shape index (κ3) is 4.31. The zero-order valence-electron chi connectivity index (χ0n) is 17.2. The number of hydrogen-bond donors (Lipinski definition) is 1. The molecule has 9 heteroatoms. The third-order valence-corrected chi connectivity index (χ3v) is 6.58. The number of halogens is 1. The molecule has 0 radical (unpaired) electrons. The van der Waals surface area contributed by atoms with E-state index in [1.807, 2.05) is 28.8 Å². The van der Waals surface area contributed by atoms with E-state index >= 15 is 0 Å². The summed E-state index contributed by atoms with van der Waals surface area (Å²) in [6.45, 7) is 2.81. The number of hydrogen-bond acceptors (Lipinski definition) is 7. The summed E-state index contributed by atoms with van der Waals surface area (Å²) in [7, 11) is 0. The maximum atomic E-state index is 6.07. The second-order valence-corrected chi connectivity index (χ2v) is 9.21. The number of nitrogens with zero attached hydrogens (tertiary/aromatic N) is 4. The lowest BCUT2D eigenvalue weighted by Crippen LogP contribution is -2.09. The molecule has 0 aromatic heterocycles. The molecular weight excluding hydrogens is 490 g/mol. The highest BCUT2D eigenvalue weighted by Gasteiger charge is 2.26. The van der Waals surface area contributed by atoms with Crippen LogP contribution in [0.2, 0.25) is 0 Å². The second kappa shape index (κ2) is 8.84. The average molecular weight is 510 g/mol. The lowest BCUT2D eigenvalue weighted by atomic mass is 10.1. The highest BCUT2D eigenvalue weighted by molar-refractivity contribution is 9.10. The van der Waals surface area contributed by atoms with Gasteiger partial charge >= 0.3 is 0 Å². The number of anilines is 1. The Hall–Kier alpha value is -3.04. The minimum Gasteiger partial charge on any atom is -0.454 e. The Kier molecular flexibility index (Phi) is 5.75. The third-order valence-electron chi connectivity index (χ3n) is 5.10. The van der Waals surface area contributed by atoms with Crippen LogP contribution in [0.5, 0.6) is 0 Å². The van der Waals surface area contributed by atoms with Gasteiger partial charge in [-0.15, -0.1) is 0 Å². The Morgan fingerprint density at radius 1 is 1.12 bits per heavy atom. The van der Waals surface area contributed by atoms with Crippen LogP contribution in [0.25, 0.3) is 11.5 Å². The lowest BCUT2D eigenvalue weighted by molar-refractivity contribution is -0.0278. The van der Waals surface area contributed by atoms with E-state index in [0.717, 1.165) is 23.0 Å². The van der Waals surface area contributed by atoms with Crippen molar-refractivity contribution in [2.45, 2.75) is 31.3 Å². The van der Waals surface area contributed by atoms with Crippen LogP contribution in [0.3, 0.4) is 0 Å². The monoisotopic (exact) mass is 509 g/mol. The molecule has 0 fully saturated rings. The number of aromatic nitrogens is 4. The maximum Gasteiger partial charge on any atom is 0.268 e. The summed E-state index contributed by atoms with van der Waals surface area (Å²) in [5.74, 6) is 1.06. The largest absolute Gasteiger partial charge is 0.454 e. The summed E-state index contributed by atoms with van der Waals surface area (Å²) in [5.41, 5.74) is 10.1. The number of ether oxygens (including phenoxy) is 2. The van der Waals surface area contributed by atoms with Gasteiger partial charge in [0.15, 0.2) is 22.5 Å². The molecule has 3 aliphatic rings. The molecule has 0 bridgehead atoms. The van der Waals surface area contributed by atoms with Crippen molar-refractivity contribution in [2.75, 3.05) is 5.73 Å².